The van der Waals surface area contributed by atoms with Gasteiger partial charge in [0.2, 0.25) is 0 Å². The fourth-order valence-electron chi connectivity index (χ4n) is 5.38. The Bertz CT molecular complexity index is 896. The van der Waals surface area contributed by atoms with Gasteiger partial charge in [0.05, 0.1) is 31.2 Å². The van der Waals surface area contributed by atoms with Crippen LogP contribution in [-0.4, -0.2) is 38.3 Å². The molecule has 1 saturated heterocycles. The predicted molar refractivity (Wildman–Crippen MR) is 113 cm³/mol. The highest BCUT2D eigenvalue weighted by molar-refractivity contribution is 5.59. The Morgan fingerprint density at radius 1 is 1.37 bits per heavy atom. The lowest BCUT2D eigenvalue weighted by molar-refractivity contribution is -0.245. The van der Waals surface area contributed by atoms with E-state index in [2.05, 4.69) is 30.0 Å². The van der Waals surface area contributed by atoms with Gasteiger partial charge in [-0.1, -0.05) is 18.6 Å². The van der Waals surface area contributed by atoms with Crippen LogP contribution < -0.4 is 10.4 Å². The summed E-state index contributed by atoms with van der Waals surface area (Å²) in [7, 11) is 0. The molecule has 0 amide bonds. The van der Waals surface area contributed by atoms with Crippen molar-refractivity contribution < 1.29 is 18.6 Å². The number of fused-ring (bicyclic) bond motifs is 2. The first-order chi connectivity index (χ1) is 14.5. The van der Waals surface area contributed by atoms with E-state index in [-0.39, 0.29) is 17.3 Å². The Hall–Kier alpha value is -1.99. The number of benzene rings is 1. The summed E-state index contributed by atoms with van der Waals surface area (Å²) >= 11 is 0. The summed E-state index contributed by atoms with van der Waals surface area (Å²) in [6.07, 6.45) is 7.87. The Kier molecular flexibility index (Phi) is 5.06. The highest BCUT2D eigenvalue weighted by atomic mass is 19.1. The monoisotopic (exact) mass is 412 g/mol. The number of hydrogen-bond donors (Lipinski definition) is 1. The maximum atomic E-state index is 13.4. The lowest BCUT2D eigenvalue weighted by Gasteiger charge is -2.51. The highest BCUT2D eigenvalue weighted by Gasteiger charge is 2.59. The van der Waals surface area contributed by atoms with Crippen molar-refractivity contribution in [1.29, 1.82) is 0 Å². The molecule has 6 heteroatoms. The van der Waals surface area contributed by atoms with Crippen molar-refractivity contribution in [2.45, 2.75) is 44.5 Å². The fraction of sp³-hybridized carbons (Fsp3) is 0.500. The van der Waals surface area contributed by atoms with Gasteiger partial charge in [0.25, 0.3) is 0 Å². The molecule has 4 aliphatic rings. The second-order valence-corrected chi connectivity index (χ2v) is 8.80. The molecule has 0 radical (unpaired) electrons. The van der Waals surface area contributed by atoms with Gasteiger partial charge in [-0.3, -0.25) is 5.01 Å². The van der Waals surface area contributed by atoms with E-state index >= 15 is 0 Å². The molecule has 2 unspecified atom stereocenters. The average Bonchev–Trinajstić information content (AvgIpc) is 3.33. The molecule has 1 aromatic rings. The molecule has 2 fully saturated rings. The molecule has 0 bridgehead atoms. The van der Waals surface area contributed by atoms with Crippen molar-refractivity contribution in [1.82, 2.24) is 5.43 Å². The van der Waals surface area contributed by atoms with Crippen LogP contribution >= 0.6 is 0 Å². The maximum absolute atomic E-state index is 13.4. The molecule has 5 nitrogen and oxygen atoms in total. The third kappa shape index (κ3) is 3.14. The fourth-order valence-corrected chi connectivity index (χ4v) is 5.38. The van der Waals surface area contributed by atoms with Crippen LogP contribution in [0, 0.1) is 11.2 Å². The van der Waals surface area contributed by atoms with Crippen LogP contribution in [0.4, 0.5) is 10.1 Å². The Labute approximate surface area is 177 Å². The third-order valence-corrected chi connectivity index (χ3v) is 6.92. The second-order valence-electron chi connectivity index (χ2n) is 8.80. The van der Waals surface area contributed by atoms with Crippen molar-refractivity contribution in [2.75, 3.05) is 31.4 Å². The van der Waals surface area contributed by atoms with E-state index in [0.717, 1.165) is 37.9 Å². The van der Waals surface area contributed by atoms with Gasteiger partial charge in [-0.2, -0.15) is 0 Å². The zero-order valence-electron chi connectivity index (χ0n) is 17.5. The molecular formula is C24H29FN2O3. The number of anilines is 1. The summed E-state index contributed by atoms with van der Waals surface area (Å²) < 4.78 is 32.0. The molecule has 2 aliphatic heterocycles. The number of allylic oxidation sites excluding steroid dienone is 1. The van der Waals surface area contributed by atoms with Gasteiger partial charge in [-0.05, 0) is 55.2 Å². The summed E-state index contributed by atoms with van der Waals surface area (Å²) in [5, 5.41) is 2.07. The van der Waals surface area contributed by atoms with E-state index in [0.29, 0.717) is 19.8 Å². The van der Waals surface area contributed by atoms with Gasteiger partial charge < -0.3 is 14.2 Å². The van der Waals surface area contributed by atoms with Gasteiger partial charge in [0.1, 0.15) is 11.9 Å². The summed E-state index contributed by atoms with van der Waals surface area (Å²) in [6, 6.07) is 6.62. The quantitative estimate of drug-likeness (QED) is 0.579. The zero-order chi connectivity index (χ0) is 20.8. The SMILES string of the molecule is C=CCOCC1COC2(CCCC3=CC4=C(CNN4c4ccc(F)cc4)C[C@@]32C)O1. The minimum atomic E-state index is -0.596. The van der Waals surface area contributed by atoms with Crippen LogP contribution in [0.3, 0.4) is 0 Å². The van der Waals surface area contributed by atoms with Crippen LogP contribution in [0.1, 0.15) is 32.6 Å². The topological polar surface area (TPSA) is 43.0 Å². The van der Waals surface area contributed by atoms with E-state index in [9.17, 15) is 4.39 Å². The standard InChI is InChI=1S/C24H29FN2O3/c1-3-11-28-15-21-16-29-24(30-21)10-4-5-18-12-22-17(13-23(18,24)2)14-26-27(22)20-8-6-19(25)7-9-20/h3,6-9,12,21,26H,1,4-5,10-11,13-16H2,2H3/t21?,23-,24?/m0/s1. The third-order valence-electron chi connectivity index (χ3n) is 6.92. The summed E-state index contributed by atoms with van der Waals surface area (Å²) in [4.78, 5) is 0. The van der Waals surface area contributed by atoms with E-state index in [4.69, 9.17) is 14.2 Å². The Morgan fingerprint density at radius 2 is 2.20 bits per heavy atom. The van der Waals surface area contributed by atoms with Crippen LogP contribution in [0.15, 0.2) is 59.8 Å². The van der Waals surface area contributed by atoms with Crippen LogP contribution in [0.5, 0.6) is 0 Å². The molecule has 1 spiro atoms. The van der Waals surface area contributed by atoms with Crippen molar-refractivity contribution >= 4 is 5.69 Å². The van der Waals surface area contributed by atoms with E-state index in [1.807, 2.05) is 12.1 Å². The predicted octanol–water partition coefficient (Wildman–Crippen LogP) is 4.24. The number of nitrogens with zero attached hydrogens (tertiary/aromatic N) is 1. The zero-order valence-corrected chi connectivity index (χ0v) is 17.5. The molecule has 1 N–H and O–H groups in total. The molecule has 0 aromatic heterocycles. The van der Waals surface area contributed by atoms with E-state index in [1.165, 1.54) is 29.0 Å². The molecule has 2 heterocycles. The lowest BCUT2D eigenvalue weighted by Crippen LogP contribution is -2.52. The molecular weight excluding hydrogens is 383 g/mol. The highest BCUT2D eigenvalue weighted by Crippen LogP contribution is 2.58. The smallest absolute Gasteiger partial charge is 0.178 e. The first kappa shape index (κ1) is 19.9. The number of nitrogens with one attached hydrogen (secondary N) is 1. The number of ether oxygens (including phenoxy) is 3. The van der Waals surface area contributed by atoms with E-state index < -0.39 is 5.79 Å². The van der Waals surface area contributed by atoms with Gasteiger partial charge >= 0.3 is 0 Å². The minimum Gasteiger partial charge on any atom is -0.375 e. The Morgan fingerprint density at radius 3 is 3.00 bits per heavy atom. The van der Waals surface area contributed by atoms with Crippen LogP contribution in [0.25, 0.3) is 0 Å². The molecule has 30 heavy (non-hydrogen) atoms. The van der Waals surface area contributed by atoms with Crippen LogP contribution in [-0.2, 0) is 14.2 Å². The normalized spacial score (nSPS) is 32.9. The maximum Gasteiger partial charge on any atom is 0.178 e. The summed E-state index contributed by atoms with van der Waals surface area (Å²) in [5.74, 6) is -0.820. The summed E-state index contributed by atoms with van der Waals surface area (Å²) in [6.45, 7) is 8.37. The van der Waals surface area contributed by atoms with Crippen LogP contribution in [0.2, 0.25) is 0 Å². The lowest BCUT2D eigenvalue weighted by atomic mass is 9.61. The number of hydrazine groups is 1. The van der Waals surface area contributed by atoms with E-state index in [1.54, 1.807) is 6.08 Å². The van der Waals surface area contributed by atoms with Gasteiger partial charge in [-0.25, -0.2) is 9.82 Å². The molecule has 5 rings (SSSR count). The molecule has 2 aliphatic carbocycles. The molecule has 3 atom stereocenters. The Balaban J connectivity index is 1.40. The minimum absolute atomic E-state index is 0.0473. The first-order valence-corrected chi connectivity index (χ1v) is 10.8. The summed E-state index contributed by atoms with van der Waals surface area (Å²) in [5.41, 5.74) is 8.10. The first-order valence-electron chi connectivity index (χ1n) is 10.8. The van der Waals surface area contributed by atoms with Crippen molar-refractivity contribution in [2.24, 2.45) is 5.41 Å². The van der Waals surface area contributed by atoms with Gasteiger partial charge in [0, 0.05) is 18.4 Å². The average molecular weight is 413 g/mol. The number of hydrogen-bond acceptors (Lipinski definition) is 5. The van der Waals surface area contributed by atoms with Gasteiger partial charge in [0.15, 0.2) is 5.79 Å². The number of rotatable bonds is 5. The van der Waals surface area contributed by atoms with Gasteiger partial charge in [-0.15, -0.1) is 6.58 Å². The molecule has 160 valence electrons. The second kappa shape index (κ2) is 7.61. The van der Waals surface area contributed by atoms with Crippen molar-refractivity contribution in [3.63, 3.8) is 0 Å². The molecule has 1 saturated carbocycles. The molecule has 1 aromatic carbocycles. The van der Waals surface area contributed by atoms with Crippen molar-refractivity contribution in [3.05, 3.63) is 65.7 Å². The van der Waals surface area contributed by atoms with Crippen molar-refractivity contribution in [3.8, 4) is 0 Å². The largest absolute Gasteiger partial charge is 0.375 e. The number of halogens is 1.